The van der Waals surface area contributed by atoms with E-state index in [9.17, 15) is 13.2 Å². The minimum Gasteiger partial charge on any atom is -0.320 e. The molecular weight excluding hydrogens is 413 g/mol. The van der Waals surface area contributed by atoms with Gasteiger partial charge in [0.05, 0.1) is 23.5 Å². The van der Waals surface area contributed by atoms with Crippen LogP contribution in [0, 0.1) is 18.8 Å². The first kappa shape index (κ1) is 22.3. The lowest BCUT2D eigenvalue weighted by molar-refractivity contribution is -0.125. The van der Waals surface area contributed by atoms with Crippen LogP contribution >= 0.6 is 0 Å². The van der Waals surface area contributed by atoms with Crippen molar-refractivity contribution < 1.29 is 13.2 Å². The molecule has 4 rings (SSSR count). The van der Waals surface area contributed by atoms with Gasteiger partial charge < -0.3 is 9.88 Å². The Morgan fingerprint density at radius 3 is 2.62 bits per heavy atom. The van der Waals surface area contributed by atoms with Crippen molar-refractivity contribution in [2.45, 2.75) is 64.7 Å². The quantitative estimate of drug-likeness (QED) is 0.483. The maximum Gasteiger partial charge on any atom is 0.401 e. The van der Waals surface area contributed by atoms with E-state index in [1.165, 1.54) is 6.42 Å². The number of nitrogens with zero attached hydrogens (tertiary/aromatic N) is 3. The molecule has 168 valence electrons. The lowest BCUT2D eigenvalue weighted by atomic mass is 9.92. The molecule has 0 unspecified atom stereocenters. The molecule has 7 heteroatoms. The first-order valence-electron chi connectivity index (χ1n) is 11.1. The molecule has 1 fully saturated rings. The Kier molecular flexibility index (Phi) is 6.52. The van der Waals surface area contributed by atoms with Crippen LogP contribution in [0.2, 0.25) is 0 Å². The fraction of sp³-hybridized carbons (Fsp3) is 0.440. The van der Waals surface area contributed by atoms with Gasteiger partial charge in [0.25, 0.3) is 0 Å². The van der Waals surface area contributed by atoms with E-state index in [1.807, 2.05) is 25.3 Å². The molecule has 0 saturated heterocycles. The van der Waals surface area contributed by atoms with Crippen molar-refractivity contribution in [1.82, 2.24) is 19.9 Å². The molecule has 32 heavy (non-hydrogen) atoms. The van der Waals surface area contributed by atoms with E-state index in [2.05, 4.69) is 39.7 Å². The normalized spacial score (nSPS) is 14.3. The third kappa shape index (κ3) is 4.81. The molecule has 3 aromatic heterocycles. The van der Waals surface area contributed by atoms with Gasteiger partial charge >= 0.3 is 6.18 Å². The summed E-state index contributed by atoms with van der Waals surface area (Å²) >= 11 is 0. The molecule has 0 bridgehead atoms. The molecule has 0 atom stereocenters. The zero-order chi connectivity index (χ0) is 22.7. The summed E-state index contributed by atoms with van der Waals surface area (Å²) in [5.74, 6) is 6.66. The van der Waals surface area contributed by atoms with E-state index in [0.29, 0.717) is 11.6 Å². The SMILES string of the molecule is CCCC#Cc1c(-c2ccc(CNCC(F)(F)F)cn2)n(C2CCC2)c2ncc(C)cc12. The number of hydrogen-bond donors (Lipinski definition) is 1. The molecule has 3 aromatic rings. The minimum absolute atomic E-state index is 0.113. The van der Waals surface area contributed by atoms with Gasteiger partial charge in [0.2, 0.25) is 0 Å². The number of aromatic nitrogens is 3. The average molecular weight is 441 g/mol. The largest absolute Gasteiger partial charge is 0.401 e. The lowest BCUT2D eigenvalue weighted by Crippen LogP contribution is -2.28. The van der Waals surface area contributed by atoms with Gasteiger partial charge in [0.1, 0.15) is 5.65 Å². The number of pyridine rings is 2. The Bertz CT molecular complexity index is 1150. The molecule has 0 aromatic carbocycles. The summed E-state index contributed by atoms with van der Waals surface area (Å²) in [6.07, 6.45) is 4.46. The molecular formula is C25H27F3N4. The fourth-order valence-corrected chi connectivity index (χ4v) is 3.96. The standard InChI is InChI=1S/C25H27F3N4/c1-3-4-5-9-20-21-12-17(2)13-31-24(21)32(19-7-6-8-19)23(20)22-11-10-18(15-30-22)14-29-16-25(26,27)28/h10-13,15,19,29H,3-4,6-8,14,16H2,1-2H3. The second-order valence-corrected chi connectivity index (χ2v) is 8.38. The number of unbranched alkanes of at least 4 members (excludes halogenated alkanes) is 1. The zero-order valence-electron chi connectivity index (χ0n) is 18.4. The Morgan fingerprint density at radius 1 is 1.19 bits per heavy atom. The molecule has 4 nitrogen and oxygen atoms in total. The number of aryl methyl sites for hydroxylation is 1. The second-order valence-electron chi connectivity index (χ2n) is 8.38. The van der Waals surface area contributed by atoms with Crippen molar-refractivity contribution in [3.63, 3.8) is 0 Å². The van der Waals surface area contributed by atoms with Crippen LogP contribution in [0.3, 0.4) is 0 Å². The van der Waals surface area contributed by atoms with Crippen molar-refractivity contribution >= 4 is 11.0 Å². The van der Waals surface area contributed by atoms with Crippen LogP contribution in [0.25, 0.3) is 22.4 Å². The van der Waals surface area contributed by atoms with E-state index < -0.39 is 12.7 Å². The summed E-state index contributed by atoms with van der Waals surface area (Å²) < 4.78 is 39.5. The van der Waals surface area contributed by atoms with Gasteiger partial charge in [-0.3, -0.25) is 4.98 Å². The van der Waals surface area contributed by atoms with Crippen LogP contribution in [0.1, 0.15) is 61.8 Å². The molecule has 1 aliphatic rings. The Balaban J connectivity index is 1.77. The molecule has 1 N–H and O–H groups in total. The molecule has 0 radical (unpaired) electrons. The van der Waals surface area contributed by atoms with Gasteiger partial charge in [-0.05, 0) is 55.9 Å². The topological polar surface area (TPSA) is 42.7 Å². The fourth-order valence-electron chi connectivity index (χ4n) is 3.96. The summed E-state index contributed by atoms with van der Waals surface area (Å²) in [6.45, 7) is 3.22. The van der Waals surface area contributed by atoms with Gasteiger partial charge in [-0.25, -0.2) is 4.98 Å². The number of alkyl halides is 3. The Morgan fingerprint density at radius 2 is 2.00 bits per heavy atom. The maximum absolute atomic E-state index is 12.4. The zero-order valence-corrected chi connectivity index (χ0v) is 18.4. The molecule has 0 spiro atoms. The van der Waals surface area contributed by atoms with Crippen LogP contribution in [-0.4, -0.2) is 27.3 Å². The minimum atomic E-state index is -4.23. The van der Waals surface area contributed by atoms with Crippen LogP contribution in [0.15, 0.2) is 30.6 Å². The van der Waals surface area contributed by atoms with Crippen molar-refractivity contribution in [2.75, 3.05) is 6.54 Å². The van der Waals surface area contributed by atoms with E-state index >= 15 is 0 Å². The number of halogens is 3. The van der Waals surface area contributed by atoms with Crippen LogP contribution in [0.4, 0.5) is 13.2 Å². The van der Waals surface area contributed by atoms with Crippen molar-refractivity contribution in [3.8, 4) is 23.2 Å². The highest BCUT2D eigenvalue weighted by Gasteiger charge is 2.29. The highest BCUT2D eigenvalue weighted by atomic mass is 19.4. The van der Waals surface area contributed by atoms with E-state index in [-0.39, 0.29) is 6.54 Å². The molecule has 3 heterocycles. The third-order valence-electron chi connectivity index (χ3n) is 5.73. The highest BCUT2D eigenvalue weighted by molar-refractivity contribution is 5.92. The van der Waals surface area contributed by atoms with Crippen LogP contribution in [0.5, 0.6) is 0 Å². The van der Waals surface area contributed by atoms with Crippen LogP contribution in [-0.2, 0) is 6.54 Å². The predicted octanol–water partition coefficient (Wildman–Crippen LogP) is 5.94. The first-order valence-corrected chi connectivity index (χ1v) is 11.1. The third-order valence-corrected chi connectivity index (χ3v) is 5.73. The van der Waals surface area contributed by atoms with Gasteiger partial charge in [0.15, 0.2) is 0 Å². The van der Waals surface area contributed by atoms with E-state index in [0.717, 1.165) is 59.2 Å². The molecule has 0 amide bonds. The summed E-state index contributed by atoms with van der Waals surface area (Å²) in [5, 5.41) is 3.46. The van der Waals surface area contributed by atoms with Crippen molar-refractivity contribution in [2.24, 2.45) is 0 Å². The van der Waals surface area contributed by atoms with Crippen molar-refractivity contribution in [3.05, 3.63) is 47.3 Å². The van der Waals surface area contributed by atoms with Crippen molar-refractivity contribution in [1.29, 1.82) is 0 Å². The molecule has 0 aliphatic heterocycles. The molecule has 1 aliphatic carbocycles. The van der Waals surface area contributed by atoms with Crippen LogP contribution < -0.4 is 5.32 Å². The smallest absolute Gasteiger partial charge is 0.320 e. The number of rotatable bonds is 6. The van der Waals surface area contributed by atoms with Gasteiger partial charge in [0, 0.05) is 36.8 Å². The summed E-state index contributed by atoms with van der Waals surface area (Å²) in [4.78, 5) is 9.39. The monoisotopic (exact) mass is 440 g/mol. The Labute approximate surface area is 186 Å². The first-order chi connectivity index (χ1) is 15.4. The number of nitrogens with one attached hydrogen (secondary N) is 1. The summed E-state index contributed by atoms with van der Waals surface area (Å²) in [5.41, 5.74) is 5.37. The van der Waals surface area contributed by atoms with E-state index in [4.69, 9.17) is 4.98 Å². The average Bonchev–Trinajstić information content (AvgIpc) is 3.00. The van der Waals surface area contributed by atoms with Gasteiger partial charge in [-0.2, -0.15) is 13.2 Å². The predicted molar refractivity (Wildman–Crippen MR) is 120 cm³/mol. The van der Waals surface area contributed by atoms with Gasteiger partial charge in [-0.15, -0.1) is 0 Å². The lowest BCUT2D eigenvalue weighted by Gasteiger charge is -2.29. The summed E-state index contributed by atoms with van der Waals surface area (Å²) in [7, 11) is 0. The maximum atomic E-state index is 12.4. The Hall–Kier alpha value is -2.85. The van der Waals surface area contributed by atoms with Gasteiger partial charge in [-0.1, -0.05) is 24.8 Å². The molecule has 1 saturated carbocycles. The number of fused-ring (bicyclic) bond motifs is 1. The summed E-state index contributed by atoms with van der Waals surface area (Å²) in [6, 6.07) is 6.20. The number of hydrogen-bond acceptors (Lipinski definition) is 3. The van der Waals surface area contributed by atoms with E-state index in [1.54, 1.807) is 6.20 Å². The second kappa shape index (κ2) is 9.33. The highest BCUT2D eigenvalue weighted by Crippen LogP contribution is 2.41.